The number of nitro groups is 1. The highest BCUT2D eigenvalue weighted by atomic mass is 35.5. The minimum atomic E-state index is -0.520. The minimum Gasteiger partial charge on any atom is -0.325 e. The standard InChI is InChI=1S/C22H24ClN5O3/c1-14(2)27-20-8-4-3-7-19(20)24-21(27)15-6-5-11-26(13-15)22(29)25-18-10-9-16(28(30)31)12-17(18)23/h3-4,7-10,12,14-15H,5-6,11,13H2,1-2H3,(H,25,29)/t15-/m1/s1. The summed E-state index contributed by atoms with van der Waals surface area (Å²) in [5.41, 5.74) is 2.31. The van der Waals surface area contributed by atoms with Gasteiger partial charge in [0.05, 0.1) is 26.7 Å². The lowest BCUT2D eigenvalue weighted by Gasteiger charge is -2.33. The average Bonchev–Trinajstić information content (AvgIpc) is 3.15. The summed E-state index contributed by atoms with van der Waals surface area (Å²) in [5, 5.41) is 13.8. The fourth-order valence-electron chi connectivity index (χ4n) is 4.18. The lowest BCUT2D eigenvalue weighted by molar-refractivity contribution is -0.384. The number of piperidine rings is 1. The van der Waals surface area contributed by atoms with Crippen LogP contribution >= 0.6 is 11.6 Å². The van der Waals surface area contributed by atoms with Gasteiger partial charge in [0, 0.05) is 37.2 Å². The molecule has 1 atom stereocenters. The first-order valence-corrected chi connectivity index (χ1v) is 10.7. The Hall–Kier alpha value is -3.13. The Labute approximate surface area is 185 Å². The molecule has 3 aromatic rings. The first-order chi connectivity index (χ1) is 14.8. The number of halogens is 1. The third-order valence-corrected chi connectivity index (χ3v) is 5.93. The van der Waals surface area contributed by atoms with Gasteiger partial charge in [-0.15, -0.1) is 0 Å². The summed E-state index contributed by atoms with van der Waals surface area (Å²) < 4.78 is 2.26. The molecule has 1 aromatic heterocycles. The smallest absolute Gasteiger partial charge is 0.321 e. The number of carbonyl (C=O) groups is 1. The van der Waals surface area contributed by atoms with Crippen molar-refractivity contribution in [3.8, 4) is 0 Å². The molecule has 0 radical (unpaired) electrons. The van der Waals surface area contributed by atoms with E-state index in [9.17, 15) is 14.9 Å². The highest BCUT2D eigenvalue weighted by molar-refractivity contribution is 6.33. The van der Waals surface area contributed by atoms with Crippen LogP contribution < -0.4 is 5.32 Å². The molecule has 8 nitrogen and oxygen atoms in total. The van der Waals surface area contributed by atoms with Crippen LogP contribution in [-0.2, 0) is 0 Å². The third-order valence-electron chi connectivity index (χ3n) is 5.62. The highest BCUT2D eigenvalue weighted by Crippen LogP contribution is 2.32. The van der Waals surface area contributed by atoms with Crippen LogP contribution in [0.3, 0.4) is 0 Å². The number of amides is 2. The molecule has 0 unspecified atom stereocenters. The number of non-ortho nitro benzene ring substituents is 1. The number of nitrogens with zero attached hydrogens (tertiary/aromatic N) is 4. The Bertz CT molecular complexity index is 1140. The zero-order chi connectivity index (χ0) is 22.1. The Morgan fingerprint density at radius 1 is 1.29 bits per heavy atom. The molecule has 2 amide bonds. The zero-order valence-corrected chi connectivity index (χ0v) is 18.2. The number of para-hydroxylation sites is 2. The van der Waals surface area contributed by atoms with Gasteiger partial charge in [-0.05, 0) is 44.9 Å². The largest absolute Gasteiger partial charge is 0.325 e. The van der Waals surface area contributed by atoms with Crippen molar-refractivity contribution in [3.05, 3.63) is 63.4 Å². The van der Waals surface area contributed by atoms with Crippen LogP contribution in [0.25, 0.3) is 11.0 Å². The number of aromatic nitrogens is 2. The first-order valence-electron chi connectivity index (χ1n) is 10.3. The summed E-state index contributed by atoms with van der Waals surface area (Å²) in [6.07, 6.45) is 1.82. The molecular formula is C22H24ClN5O3. The van der Waals surface area contributed by atoms with Crippen LogP contribution in [0.4, 0.5) is 16.2 Å². The summed E-state index contributed by atoms with van der Waals surface area (Å²) in [6, 6.07) is 12.1. The lowest BCUT2D eigenvalue weighted by atomic mass is 9.97. The van der Waals surface area contributed by atoms with Crippen LogP contribution in [0.15, 0.2) is 42.5 Å². The molecule has 4 rings (SSSR count). The summed E-state index contributed by atoms with van der Waals surface area (Å²) >= 11 is 6.13. The number of hydrogen-bond donors (Lipinski definition) is 1. The van der Waals surface area contributed by atoms with E-state index >= 15 is 0 Å². The average molecular weight is 442 g/mol. The number of imidazole rings is 1. The van der Waals surface area contributed by atoms with Crippen molar-refractivity contribution in [1.82, 2.24) is 14.5 Å². The van der Waals surface area contributed by atoms with E-state index in [1.807, 2.05) is 18.2 Å². The van der Waals surface area contributed by atoms with Crippen LogP contribution in [0.2, 0.25) is 5.02 Å². The van der Waals surface area contributed by atoms with E-state index < -0.39 is 4.92 Å². The van der Waals surface area contributed by atoms with Crippen molar-refractivity contribution >= 4 is 40.0 Å². The Morgan fingerprint density at radius 2 is 2.06 bits per heavy atom. The van der Waals surface area contributed by atoms with Crippen molar-refractivity contribution < 1.29 is 9.72 Å². The van der Waals surface area contributed by atoms with E-state index in [1.54, 1.807) is 4.90 Å². The number of likely N-dealkylation sites (tertiary alicyclic amines) is 1. The lowest BCUT2D eigenvalue weighted by Crippen LogP contribution is -2.42. The number of carbonyl (C=O) groups excluding carboxylic acids is 1. The maximum Gasteiger partial charge on any atom is 0.321 e. The number of rotatable bonds is 4. The normalized spacial score (nSPS) is 16.6. The zero-order valence-electron chi connectivity index (χ0n) is 17.4. The van der Waals surface area contributed by atoms with E-state index in [0.717, 1.165) is 29.7 Å². The summed E-state index contributed by atoms with van der Waals surface area (Å²) in [7, 11) is 0. The molecular weight excluding hydrogens is 418 g/mol. The number of fused-ring (bicyclic) bond motifs is 1. The monoisotopic (exact) mass is 441 g/mol. The molecule has 1 fully saturated rings. The molecule has 9 heteroatoms. The highest BCUT2D eigenvalue weighted by Gasteiger charge is 2.29. The van der Waals surface area contributed by atoms with Crippen molar-refractivity contribution in [2.24, 2.45) is 0 Å². The van der Waals surface area contributed by atoms with E-state index in [0.29, 0.717) is 18.8 Å². The van der Waals surface area contributed by atoms with Crippen molar-refractivity contribution in [1.29, 1.82) is 0 Å². The minimum absolute atomic E-state index is 0.117. The fraction of sp³-hybridized carbons (Fsp3) is 0.364. The molecule has 31 heavy (non-hydrogen) atoms. The Balaban J connectivity index is 1.54. The van der Waals surface area contributed by atoms with Crippen molar-refractivity contribution in [2.75, 3.05) is 18.4 Å². The molecule has 0 spiro atoms. The van der Waals surface area contributed by atoms with E-state index in [-0.39, 0.29) is 28.7 Å². The molecule has 1 saturated heterocycles. The third kappa shape index (κ3) is 4.20. The number of benzene rings is 2. The molecule has 0 bridgehead atoms. The van der Waals surface area contributed by atoms with E-state index in [2.05, 4.69) is 29.8 Å². The number of urea groups is 1. The fourth-order valence-corrected chi connectivity index (χ4v) is 4.40. The Morgan fingerprint density at radius 3 is 2.77 bits per heavy atom. The van der Waals surface area contributed by atoms with Crippen LogP contribution in [0.5, 0.6) is 0 Å². The van der Waals surface area contributed by atoms with Crippen LogP contribution in [-0.4, -0.2) is 38.5 Å². The molecule has 0 saturated carbocycles. The Kier molecular flexibility index (Phi) is 5.82. The van der Waals surface area contributed by atoms with Gasteiger partial charge >= 0.3 is 6.03 Å². The van der Waals surface area contributed by atoms with Gasteiger partial charge in [0.1, 0.15) is 5.82 Å². The summed E-state index contributed by atoms with van der Waals surface area (Å²) in [6.45, 7) is 5.46. The van der Waals surface area contributed by atoms with E-state index in [4.69, 9.17) is 16.6 Å². The van der Waals surface area contributed by atoms with Crippen molar-refractivity contribution in [3.63, 3.8) is 0 Å². The SMILES string of the molecule is CC(C)n1c([C@@H]2CCCN(C(=O)Nc3ccc([N+](=O)[O-])cc3Cl)C2)nc2ccccc21. The maximum absolute atomic E-state index is 12.9. The van der Waals surface area contributed by atoms with Gasteiger partial charge in [-0.1, -0.05) is 23.7 Å². The molecule has 0 aliphatic carbocycles. The number of anilines is 1. The van der Waals surface area contributed by atoms with Crippen molar-refractivity contribution in [2.45, 2.75) is 38.6 Å². The van der Waals surface area contributed by atoms with Crippen LogP contribution in [0.1, 0.15) is 44.5 Å². The molecule has 2 heterocycles. The van der Waals surface area contributed by atoms with Gasteiger partial charge in [-0.25, -0.2) is 9.78 Å². The van der Waals surface area contributed by atoms with E-state index in [1.165, 1.54) is 18.2 Å². The second kappa shape index (κ2) is 8.55. The van der Waals surface area contributed by atoms with Gasteiger partial charge in [0.25, 0.3) is 5.69 Å². The number of nitrogens with one attached hydrogen (secondary N) is 1. The van der Waals surface area contributed by atoms with Gasteiger partial charge in [-0.2, -0.15) is 0 Å². The van der Waals surface area contributed by atoms with Gasteiger partial charge in [0.2, 0.25) is 0 Å². The second-order valence-corrected chi connectivity index (χ2v) is 8.47. The molecule has 162 valence electrons. The molecule has 2 aromatic carbocycles. The number of nitro benzene ring substituents is 1. The first kappa shape index (κ1) is 21.1. The van der Waals surface area contributed by atoms with Crippen LogP contribution in [0, 0.1) is 10.1 Å². The molecule has 1 aliphatic heterocycles. The van der Waals surface area contributed by atoms with Gasteiger partial charge in [-0.3, -0.25) is 10.1 Å². The van der Waals surface area contributed by atoms with Gasteiger partial charge < -0.3 is 14.8 Å². The molecule has 1 N–H and O–H groups in total. The predicted octanol–water partition coefficient (Wildman–Crippen LogP) is 5.59. The summed E-state index contributed by atoms with van der Waals surface area (Å²) in [4.78, 5) is 29.9. The predicted molar refractivity (Wildman–Crippen MR) is 121 cm³/mol. The quantitative estimate of drug-likeness (QED) is 0.421. The number of hydrogen-bond acceptors (Lipinski definition) is 4. The second-order valence-electron chi connectivity index (χ2n) is 8.06. The molecule has 1 aliphatic rings. The summed E-state index contributed by atoms with van der Waals surface area (Å²) in [5.74, 6) is 1.13. The topological polar surface area (TPSA) is 93.3 Å². The maximum atomic E-state index is 12.9. The van der Waals surface area contributed by atoms with Gasteiger partial charge in [0.15, 0.2) is 0 Å².